The van der Waals surface area contributed by atoms with E-state index in [0.29, 0.717) is 21.2 Å². The second-order valence-corrected chi connectivity index (χ2v) is 5.83. The monoisotopic (exact) mass is 298 g/mol. The molecule has 0 radical (unpaired) electrons. The zero-order chi connectivity index (χ0) is 14.0. The molecule has 0 saturated heterocycles. The summed E-state index contributed by atoms with van der Waals surface area (Å²) in [5.41, 5.74) is 0.630. The maximum absolute atomic E-state index is 12.1. The van der Waals surface area contributed by atoms with Crippen LogP contribution in [0.15, 0.2) is 39.6 Å². The number of carboxylic acid groups (broad SMARTS) is 1. The van der Waals surface area contributed by atoms with Gasteiger partial charge in [-0.3, -0.25) is 4.21 Å². The molecule has 0 spiro atoms. The zero-order valence-corrected chi connectivity index (χ0v) is 11.6. The first-order chi connectivity index (χ1) is 8.97. The fourth-order valence-electron chi connectivity index (χ4n) is 1.58. The van der Waals surface area contributed by atoms with Crippen molar-refractivity contribution in [1.29, 1.82) is 0 Å². The third-order valence-electron chi connectivity index (χ3n) is 2.59. The molecule has 0 saturated carbocycles. The number of rotatable bonds is 4. The SMILES string of the molecule is Cc1oc(C(=O)O)cc1CS(=O)c1ccc(Cl)cc1. The van der Waals surface area contributed by atoms with E-state index in [0.717, 1.165) is 0 Å². The summed E-state index contributed by atoms with van der Waals surface area (Å²) in [6.07, 6.45) is 0. The van der Waals surface area contributed by atoms with Gasteiger partial charge >= 0.3 is 5.97 Å². The van der Waals surface area contributed by atoms with Crippen LogP contribution in [0.25, 0.3) is 0 Å². The van der Waals surface area contributed by atoms with Crippen LogP contribution in [-0.4, -0.2) is 15.3 Å². The number of aromatic carboxylic acids is 1. The fraction of sp³-hybridized carbons (Fsp3) is 0.154. The molecule has 1 unspecified atom stereocenters. The third kappa shape index (κ3) is 3.24. The molecule has 1 atom stereocenters. The van der Waals surface area contributed by atoms with Crippen LogP contribution in [0.4, 0.5) is 0 Å². The molecule has 6 heteroatoms. The van der Waals surface area contributed by atoms with Gasteiger partial charge in [0.15, 0.2) is 0 Å². The second kappa shape index (κ2) is 5.59. The minimum Gasteiger partial charge on any atom is -0.475 e. The Morgan fingerprint density at radius 3 is 2.53 bits per heavy atom. The Kier molecular flexibility index (Phi) is 4.07. The van der Waals surface area contributed by atoms with Crippen LogP contribution in [0, 0.1) is 6.92 Å². The van der Waals surface area contributed by atoms with Crippen LogP contribution in [0.1, 0.15) is 21.9 Å². The molecule has 0 aliphatic carbocycles. The summed E-state index contributed by atoms with van der Waals surface area (Å²) in [5.74, 6) is -0.587. The molecule has 1 heterocycles. The normalized spacial score (nSPS) is 12.3. The maximum atomic E-state index is 12.1. The van der Waals surface area contributed by atoms with Gasteiger partial charge in [0.1, 0.15) is 5.76 Å². The lowest BCUT2D eigenvalue weighted by molar-refractivity contribution is 0.0661. The van der Waals surface area contributed by atoms with Crippen LogP contribution in [0.2, 0.25) is 5.02 Å². The quantitative estimate of drug-likeness (QED) is 0.941. The lowest BCUT2D eigenvalue weighted by atomic mass is 10.3. The molecular weight excluding hydrogens is 288 g/mol. The van der Waals surface area contributed by atoms with Crippen LogP contribution < -0.4 is 0 Å². The van der Waals surface area contributed by atoms with Gasteiger partial charge in [-0.1, -0.05) is 11.6 Å². The molecule has 2 aromatic rings. The van der Waals surface area contributed by atoms with Gasteiger partial charge in [0.2, 0.25) is 5.76 Å². The van der Waals surface area contributed by atoms with E-state index in [9.17, 15) is 9.00 Å². The highest BCUT2D eigenvalue weighted by Gasteiger charge is 2.15. The molecular formula is C13H11ClO4S. The first kappa shape index (κ1) is 13.8. The molecule has 1 aromatic carbocycles. The van der Waals surface area contributed by atoms with Crippen molar-refractivity contribution in [3.8, 4) is 0 Å². The molecule has 1 N–H and O–H groups in total. The third-order valence-corrected chi connectivity index (χ3v) is 4.22. The lowest BCUT2D eigenvalue weighted by Crippen LogP contribution is -1.97. The molecule has 0 fully saturated rings. The number of benzene rings is 1. The molecule has 2 rings (SSSR count). The van der Waals surface area contributed by atoms with Crippen molar-refractivity contribution in [3.63, 3.8) is 0 Å². The molecule has 100 valence electrons. The molecule has 19 heavy (non-hydrogen) atoms. The molecule has 1 aromatic heterocycles. The Balaban J connectivity index is 2.19. The highest BCUT2D eigenvalue weighted by atomic mass is 35.5. The van der Waals surface area contributed by atoms with Crippen molar-refractivity contribution >= 4 is 28.4 Å². The number of hydrogen-bond acceptors (Lipinski definition) is 3. The number of aryl methyl sites for hydroxylation is 1. The van der Waals surface area contributed by atoms with E-state index in [-0.39, 0.29) is 11.5 Å². The maximum Gasteiger partial charge on any atom is 0.371 e. The minimum absolute atomic E-state index is 0.138. The summed E-state index contributed by atoms with van der Waals surface area (Å²) in [4.78, 5) is 11.4. The van der Waals surface area contributed by atoms with Crippen molar-refractivity contribution < 1.29 is 18.5 Å². The van der Waals surface area contributed by atoms with Crippen molar-refractivity contribution in [1.82, 2.24) is 0 Å². The Labute approximate surface area is 117 Å². The van der Waals surface area contributed by atoms with Crippen molar-refractivity contribution in [2.75, 3.05) is 0 Å². The average Bonchev–Trinajstić information content (AvgIpc) is 2.72. The molecule has 0 aliphatic rings. The second-order valence-electron chi connectivity index (χ2n) is 3.94. The van der Waals surface area contributed by atoms with E-state index in [1.807, 2.05) is 0 Å². The molecule has 0 aliphatic heterocycles. The first-order valence-corrected chi connectivity index (χ1v) is 7.13. The van der Waals surface area contributed by atoms with Gasteiger partial charge in [-0.25, -0.2) is 4.79 Å². The van der Waals surface area contributed by atoms with Crippen molar-refractivity contribution in [2.45, 2.75) is 17.6 Å². The van der Waals surface area contributed by atoms with E-state index >= 15 is 0 Å². The summed E-state index contributed by atoms with van der Waals surface area (Å²) in [7, 11) is -1.26. The Morgan fingerprint density at radius 2 is 2.00 bits per heavy atom. The highest BCUT2D eigenvalue weighted by molar-refractivity contribution is 7.84. The molecule has 0 bridgehead atoms. The summed E-state index contributed by atoms with van der Waals surface area (Å²) >= 11 is 5.76. The summed E-state index contributed by atoms with van der Waals surface area (Å²) < 4.78 is 17.2. The van der Waals surface area contributed by atoms with E-state index in [2.05, 4.69) is 0 Å². The van der Waals surface area contributed by atoms with Gasteiger partial charge in [0.05, 0.1) is 16.6 Å². The predicted octanol–water partition coefficient (Wildman–Crippen LogP) is 3.25. The van der Waals surface area contributed by atoms with Gasteiger partial charge in [0, 0.05) is 15.5 Å². The van der Waals surface area contributed by atoms with Crippen molar-refractivity contribution in [3.05, 3.63) is 52.4 Å². The number of hydrogen-bond donors (Lipinski definition) is 1. The Bertz CT molecular complexity index is 631. The van der Waals surface area contributed by atoms with Crippen LogP contribution in [0.3, 0.4) is 0 Å². The van der Waals surface area contributed by atoms with Gasteiger partial charge < -0.3 is 9.52 Å². The summed E-state index contributed by atoms with van der Waals surface area (Å²) in [6, 6.07) is 8.11. The molecule has 4 nitrogen and oxygen atoms in total. The smallest absolute Gasteiger partial charge is 0.371 e. The largest absolute Gasteiger partial charge is 0.475 e. The number of halogens is 1. The number of furan rings is 1. The first-order valence-electron chi connectivity index (χ1n) is 5.44. The standard InChI is InChI=1S/C13H11ClO4S/c1-8-9(6-12(18-8)13(15)16)7-19(17)11-4-2-10(14)3-5-11/h2-6H,7H2,1H3,(H,15,16). The summed E-state index contributed by atoms with van der Waals surface area (Å²) in [5, 5.41) is 9.40. The van der Waals surface area contributed by atoms with Gasteiger partial charge in [-0.2, -0.15) is 0 Å². The van der Waals surface area contributed by atoms with E-state index in [4.69, 9.17) is 21.1 Å². The fourth-order valence-corrected chi connectivity index (χ4v) is 2.88. The molecule has 0 amide bonds. The Morgan fingerprint density at radius 1 is 1.37 bits per heavy atom. The topological polar surface area (TPSA) is 67.5 Å². The number of carboxylic acids is 1. The van der Waals surface area contributed by atoms with Crippen molar-refractivity contribution in [2.24, 2.45) is 0 Å². The van der Waals surface area contributed by atoms with Gasteiger partial charge in [0.25, 0.3) is 0 Å². The average molecular weight is 299 g/mol. The number of carbonyl (C=O) groups is 1. The van der Waals surface area contributed by atoms with Crippen LogP contribution in [0.5, 0.6) is 0 Å². The zero-order valence-electron chi connectivity index (χ0n) is 10.1. The minimum atomic E-state index is -1.26. The van der Waals surface area contributed by atoms with Crippen LogP contribution in [-0.2, 0) is 16.6 Å². The van der Waals surface area contributed by atoms with Gasteiger partial charge in [-0.15, -0.1) is 0 Å². The lowest BCUT2D eigenvalue weighted by Gasteiger charge is -2.01. The predicted molar refractivity (Wildman–Crippen MR) is 72.0 cm³/mol. The Hall–Kier alpha value is -1.59. The van der Waals surface area contributed by atoms with Gasteiger partial charge in [-0.05, 0) is 37.3 Å². The van der Waals surface area contributed by atoms with E-state index in [1.54, 1.807) is 31.2 Å². The van der Waals surface area contributed by atoms with E-state index in [1.165, 1.54) is 6.07 Å². The highest BCUT2D eigenvalue weighted by Crippen LogP contribution is 2.20. The summed E-state index contributed by atoms with van der Waals surface area (Å²) in [6.45, 7) is 1.65. The van der Waals surface area contributed by atoms with Crippen LogP contribution >= 0.6 is 11.6 Å². The van der Waals surface area contributed by atoms with E-state index < -0.39 is 16.8 Å².